The molecule has 9 heteroatoms. The van der Waals surface area contributed by atoms with E-state index in [2.05, 4.69) is 39.2 Å². The first-order valence-corrected chi connectivity index (χ1v) is 14.2. The maximum Gasteiger partial charge on any atom is 0.255 e. The highest BCUT2D eigenvalue weighted by Crippen LogP contribution is 2.29. The summed E-state index contributed by atoms with van der Waals surface area (Å²) in [6.07, 6.45) is 5.11. The number of carbonyl (C=O) groups is 1. The van der Waals surface area contributed by atoms with Gasteiger partial charge in [0.25, 0.3) is 5.91 Å². The molecule has 0 radical (unpaired) electrons. The van der Waals surface area contributed by atoms with Crippen molar-refractivity contribution in [1.82, 2.24) is 19.4 Å². The number of imidazole rings is 1. The molecule has 0 aliphatic rings. The van der Waals surface area contributed by atoms with E-state index in [0.717, 1.165) is 40.3 Å². The van der Waals surface area contributed by atoms with Crippen molar-refractivity contribution < 1.29 is 9.90 Å². The van der Waals surface area contributed by atoms with E-state index in [4.69, 9.17) is 9.97 Å². The number of hydrogen-bond acceptors (Lipinski definition) is 7. The second kappa shape index (κ2) is 11.5. The smallest absolute Gasteiger partial charge is 0.255 e. The Hall–Kier alpha value is -5.28. The molecular weight excluding hydrogens is 538 g/mol. The number of rotatable bonds is 9. The van der Waals surface area contributed by atoms with Crippen LogP contribution in [0.2, 0.25) is 0 Å². The molecule has 0 bridgehead atoms. The second-order valence-corrected chi connectivity index (χ2v) is 11.1. The first-order chi connectivity index (χ1) is 20.8. The first-order valence-electron chi connectivity index (χ1n) is 14.2. The Bertz CT molecular complexity index is 1900. The van der Waals surface area contributed by atoms with E-state index in [1.54, 1.807) is 55.7 Å². The van der Waals surface area contributed by atoms with Gasteiger partial charge in [0, 0.05) is 47.0 Å². The molecule has 0 spiro atoms. The third-order valence-corrected chi connectivity index (χ3v) is 7.18. The lowest BCUT2D eigenvalue weighted by Crippen LogP contribution is -2.31. The number of carbonyl (C=O) groups excluding carboxylic acids is 1. The molecule has 1 amide bonds. The summed E-state index contributed by atoms with van der Waals surface area (Å²) in [6.45, 7) is 6.75. The summed E-state index contributed by atoms with van der Waals surface area (Å²) < 4.78 is 2.11. The fraction of sp³-hybridized carbons (Fsp3) is 0.176. The Labute approximate surface area is 249 Å². The number of anilines is 3. The average Bonchev–Trinajstić information content (AvgIpc) is 3.46. The van der Waals surface area contributed by atoms with Crippen LogP contribution in [0.3, 0.4) is 0 Å². The molecule has 6 aromatic rings. The number of amides is 1. The predicted molar refractivity (Wildman–Crippen MR) is 171 cm³/mol. The van der Waals surface area contributed by atoms with Crippen molar-refractivity contribution in [2.45, 2.75) is 26.5 Å². The van der Waals surface area contributed by atoms with Gasteiger partial charge >= 0.3 is 0 Å². The zero-order chi connectivity index (χ0) is 30.0. The molecular formula is C34H33N7O2. The highest BCUT2D eigenvalue weighted by Gasteiger charge is 2.23. The molecule has 6 rings (SSSR count). The van der Waals surface area contributed by atoms with Gasteiger partial charge in [-0.2, -0.15) is 0 Å². The molecule has 43 heavy (non-hydrogen) atoms. The molecule has 1 atom stereocenters. The predicted octanol–water partition coefficient (Wildman–Crippen LogP) is 6.54. The third kappa shape index (κ3) is 5.89. The van der Waals surface area contributed by atoms with Gasteiger partial charge in [-0.15, -0.1) is 0 Å². The maximum atomic E-state index is 13.2. The molecule has 0 fully saturated rings. The van der Waals surface area contributed by atoms with Crippen LogP contribution in [-0.2, 0) is 5.72 Å². The zero-order valence-electron chi connectivity index (χ0n) is 24.2. The minimum Gasteiger partial charge on any atom is -0.367 e. The fourth-order valence-electron chi connectivity index (χ4n) is 4.98. The number of benzene rings is 3. The Morgan fingerprint density at radius 1 is 0.953 bits per heavy atom. The highest BCUT2D eigenvalue weighted by atomic mass is 16.3. The molecule has 216 valence electrons. The molecule has 0 aliphatic carbocycles. The van der Waals surface area contributed by atoms with E-state index in [1.165, 1.54) is 0 Å². The summed E-state index contributed by atoms with van der Waals surface area (Å²) in [7, 11) is 0. The summed E-state index contributed by atoms with van der Waals surface area (Å²) in [6, 6.07) is 26.3. The van der Waals surface area contributed by atoms with Crippen LogP contribution in [-0.4, -0.2) is 36.9 Å². The van der Waals surface area contributed by atoms with Gasteiger partial charge in [-0.25, -0.2) is 9.97 Å². The van der Waals surface area contributed by atoms with Gasteiger partial charge in [0.1, 0.15) is 0 Å². The van der Waals surface area contributed by atoms with Crippen LogP contribution in [0.25, 0.3) is 27.9 Å². The quantitative estimate of drug-likeness (QED) is 0.146. The number of fused-ring (bicyclic) bond motifs is 3. The van der Waals surface area contributed by atoms with Crippen molar-refractivity contribution in [3.8, 4) is 11.3 Å². The van der Waals surface area contributed by atoms with Crippen LogP contribution < -0.4 is 16.0 Å². The molecule has 3 aromatic heterocycles. The van der Waals surface area contributed by atoms with Gasteiger partial charge < -0.3 is 21.1 Å². The minimum absolute atomic E-state index is 0.240. The lowest BCUT2D eigenvalue weighted by atomic mass is 10.1. The monoisotopic (exact) mass is 571 g/mol. The van der Waals surface area contributed by atoms with E-state index >= 15 is 0 Å². The van der Waals surface area contributed by atoms with E-state index in [-0.39, 0.29) is 5.91 Å². The summed E-state index contributed by atoms with van der Waals surface area (Å²) in [5.74, 6) is 0.964. The molecule has 0 aliphatic heterocycles. The number of nitrogens with zero attached hydrogens (tertiary/aromatic N) is 4. The van der Waals surface area contributed by atoms with Gasteiger partial charge in [-0.05, 0) is 61.4 Å². The SMILES string of the molecule is CC(C)CNc1nc2ccccc2n2c(-c3ccc(C(=O)Nc4cccc(NC(C)(O)c5cccnc5)c4)cc3)cnc12. The van der Waals surface area contributed by atoms with Crippen molar-refractivity contribution in [3.63, 3.8) is 0 Å². The number of aliphatic hydroxyl groups is 1. The minimum atomic E-state index is -1.34. The molecule has 0 saturated carbocycles. The van der Waals surface area contributed by atoms with Crippen LogP contribution in [0.5, 0.6) is 0 Å². The van der Waals surface area contributed by atoms with Gasteiger partial charge in [0.2, 0.25) is 0 Å². The maximum absolute atomic E-state index is 13.2. The van der Waals surface area contributed by atoms with Crippen LogP contribution in [0, 0.1) is 5.92 Å². The van der Waals surface area contributed by atoms with Crippen molar-refractivity contribution in [2.24, 2.45) is 5.92 Å². The Morgan fingerprint density at radius 3 is 2.51 bits per heavy atom. The summed E-state index contributed by atoms with van der Waals surface area (Å²) in [5, 5.41) is 20.4. The topological polar surface area (TPSA) is 116 Å². The standard InChI is InChI=1S/C34H33N7O2/c1-22(2)19-36-31-32-37-21-30(41(32)29-12-5-4-11-28(29)39-31)23-13-15-24(16-14-23)33(42)38-26-9-6-10-27(18-26)40-34(3,43)25-8-7-17-35-20-25/h4-18,20-22,40,43H,19H2,1-3H3,(H,36,39)(H,38,42). The van der Waals surface area contributed by atoms with Crippen molar-refractivity contribution in [3.05, 3.63) is 115 Å². The molecule has 4 N–H and O–H groups in total. The molecule has 0 saturated heterocycles. The van der Waals surface area contributed by atoms with Gasteiger partial charge in [-0.3, -0.25) is 14.2 Å². The Morgan fingerprint density at radius 2 is 1.74 bits per heavy atom. The summed E-state index contributed by atoms with van der Waals surface area (Å²) in [5.41, 5.74) is 5.48. The van der Waals surface area contributed by atoms with Crippen LogP contribution in [0.15, 0.2) is 104 Å². The van der Waals surface area contributed by atoms with Crippen molar-refractivity contribution in [2.75, 3.05) is 22.5 Å². The summed E-state index contributed by atoms with van der Waals surface area (Å²) >= 11 is 0. The Kier molecular flexibility index (Phi) is 7.48. The highest BCUT2D eigenvalue weighted by molar-refractivity contribution is 6.04. The van der Waals surface area contributed by atoms with E-state index in [1.807, 2.05) is 54.7 Å². The Balaban J connectivity index is 1.23. The molecule has 9 nitrogen and oxygen atoms in total. The number of para-hydroxylation sites is 2. The van der Waals surface area contributed by atoms with Gasteiger partial charge in [0.05, 0.1) is 22.9 Å². The number of hydrogen-bond donors (Lipinski definition) is 4. The van der Waals surface area contributed by atoms with Crippen LogP contribution >= 0.6 is 0 Å². The lowest BCUT2D eigenvalue weighted by Gasteiger charge is -2.26. The number of aromatic nitrogens is 4. The van der Waals surface area contributed by atoms with Crippen molar-refractivity contribution >= 4 is 39.8 Å². The largest absolute Gasteiger partial charge is 0.367 e. The second-order valence-electron chi connectivity index (χ2n) is 11.1. The van der Waals surface area contributed by atoms with Gasteiger partial charge in [-0.1, -0.05) is 50.2 Å². The average molecular weight is 572 g/mol. The molecule has 3 aromatic carbocycles. The molecule has 1 unspecified atom stereocenters. The van der Waals surface area contributed by atoms with Gasteiger partial charge in [0.15, 0.2) is 17.2 Å². The third-order valence-electron chi connectivity index (χ3n) is 7.18. The van der Waals surface area contributed by atoms with E-state index in [9.17, 15) is 9.90 Å². The van der Waals surface area contributed by atoms with Crippen LogP contribution in [0.1, 0.15) is 36.7 Å². The van der Waals surface area contributed by atoms with Crippen molar-refractivity contribution in [1.29, 1.82) is 0 Å². The van der Waals surface area contributed by atoms with E-state index in [0.29, 0.717) is 28.4 Å². The lowest BCUT2D eigenvalue weighted by molar-refractivity contribution is 0.0884. The van der Waals surface area contributed by atoms with E-state index < -0.39 is 5.72 Å². The van der Waals surface area contributed by atoms with Crippen LogP contribution in [0.4, 0.5) is 17.2 Å². The first kappa shape index (κ1) is 27.9. The zero-order valence-corrected chi connectivity index (χ0v) is 24.2. The summed E-state index contributed by atoms with van der Waals surface area (Å²) in [4.78, 5) is 26.8. The molecule has 3 heterocycles. The number of pyridine rings is 1. The normalized spacial score (nSPS) is 12.8. The fourth-order valence-corrected chi connectivity index (χ4v) is 4.98. The number of nitrogens with one attached hydrogen (secondary N) is 3.